The number of furan rings is 1. The van der Waals surface area contributed by atoms with E-state index in [9.17, 15) is 23.1 Å². The smallest absolute Gasteiger partial charge is 0.416 e. The second-order valence-electron chi connectivity index (χ2n) is 7.46. The van der Waals surface area contributed by atoms with Crippen molar-refractivity contribution in [1.29, 1.82) is 0 Å². The fourth-order valence-corrected chi connectivity index (χ4v) is 3.44. The van der Waals surface area contributed by atoms with Crippen molar-refractivity contribution in [2.24, 2.45) is 0 Å². The van der Waals surface area contributed by atoms with Crippen LogP contribution in [0.25, 0.3) is 16.7 Å². The summed E-state index contributed by atoms with van der Waals surface area (Å²) in [6, 6.07) is 11.6. The minimum atomic E-state index is -4.42. The molecule has 4 rings (SSSR count). The Kier molecular flexibility index (Phi) is 5.46. The molecule has 8 heteroatoms. The summed E-state index contributed by atoms with van der Waals surface area (Å²) in [5.41, 5.74) is 1.04. The molecule has 3 aromatic rings. The van der Waals surface area contributed by atoms with Gasteiger partial charge in [-0.25, -0.2) is 0 Å². The Bertz CT molecular complexity index is 1250. The zero-order valence-corrected chi connectivity index (χ0v) is 17.2. The van der Waals surface area contributed by atoms with Crippen molar-refractivity contribution in [2.75, 3.05) is 0 Å². The molecular formula is C24H19F3O5. The first-order valence-corrected chi connectivity index (χ1v) is 9.73. The number of aliphatic hydroxyl groups excluding tert-OH is 1. The fourth-order valence-electron chi connectivity index (χ4n) is 3.44. The maximum absolute atomic E-state index is 12.9. The quantitative estimate of drug-likeness (QED) is 0.475. The largest absolute Gasteiger partial charge is 0.507 e. The van der Waals surface area contributed by atoms with Crippen molar-refractivity contribution in [1.82, 2.24) is 0 Å². The van der Waals surface area contributed by atoms with Gasteiger partial charge in [-0.2, -0.15) is 13.2 Å². The van der Waals surface area contributed by atoms with Gasteiger partial charge in [-0.05, 0) is 55.8 Å². The Balaban J connectivity index is 1.57. The molecule has 1 N–H and O–H groups in total. The first kappa shape index (κ1) is 21.5. The van der Waals surface area contributed by atoms with E-state index in [0.717, 1.165) is 12.1 Å². The molecule has 0 radical (unpaired) electrons. The van der Waals surface area contributed by atoms with Crippen molar-refractivity contribution in [3.63, 3.8) is 0 Å². The number of carbonyl (C=O) groups excluding carboxylic acids is 1. The SMILES string of the molecule is CC1=C(c2cc3cc(OCc4cccc(C(F)(F)F)c4)ccc3o2)OC(C=O)C(C)=C1O. The standard InChI is InChI=1S/C24H19F3O5/c1-13-21(11-28)32-23(14(2)22(13)29)20-10-16-9-18(6-7-19(16)31-20)30-12-15-4-3-5-17(8-15)24(25,26)27/h3-11,21,29H,12H2,1-2H3. The molecule has 0 aliphatic carbocycles. The van der Waals surface area contributed by atoms with E-state index >= 15 is 0 Å². The summed E-state index contributed by atoms with van der Waals surface area (Å²) in [5.74, 6) is 1.02. The summed E-state index contributed by atoms with van der Waals surface area (Å²) in [6.45, 7) is 3.24. The van der Waals surface area contributed by atoms with Gasteiger partial charge in [0, 0.05) is 16.5 Å². The molecule has 1 aliphatic rings. The first-order valence-electron chi connectivity index (χ1n) is 9.73. The number of benzene rings is 2. The highest BCUT2D eigenvalue weighted by Crippen LogP contribution is 2.36. The van der Waals surface area contributed by atoms with E-state index in [1.165, 1.54) is 6.07 Å². The predicted molar refractivity (Wildman–Crippen MR) is 111 cm³/mol. The van der Waals surface area contributed by atoms with Crippen LogP contribution in [0.4, 0.5) is 13.2 Å². The molecule has 0 saturated heterocycles. The van der Waals surface area contributed by atoms with Crippen molar-refractivity contribution < 1.29 is 37.0 Å². The van der Waals surface area contributed by atoms with Gasteiger partial charge in [0.2, 0.25) is 0 Å². The number of rotatable bonds is 5. The minimum absolute atomic E-state index is 0.0195. The van der Waals surface area contributed by atoms with E-state index in [0.29, 0.717) is 45.5 Å². The average Bonchev–Trinajstić information content (AvgIpc) is 3.19. The number of hydrogen-bond donors (Lipinski definition) is 1. The Morgan fingerprint density at radius 2 is 1.91 bits per heavy atom. The highest BCUT2D eigenvalue weighted by atomic mass is 19.4. The van der Waals surface area contributed by atoms with Crippen molar-refractivity contribution in [2.45, 2.75) is 32.7 Å². The summed E-state index contributed by atoms with van der Waals surface area (Å²) in [5, 5.41) is 11.0. The van der Waals surface area contributed by atoms with Gasteiger partial charge in [0.05, 0.1) is 5.56 Å². The molecule has 5 nitrogen and oxygen atoms in total. The van der Waals surface area contributed by atoms with Gasteiger partial charge in [-0.15, -0.1) is 0 Å². The van der Waals surface area contributed by atoms with Crippen LogP contribution in [0.2, 0.25) is 0 Å². The monoisotopic (exact) mass is 444 g/mol. The lowest BCUT2D eigenvalue weighted by molar-refractivity contribution is -0.137. The fraction of sp³-hybridized carbons (Fsp3) is 0.208. The number of fused-ring (bicyclic) bond motifs is 1. The molecule has 1 aliphatic heterocycles. The molecule has 1 atom stereocenters. The van der Waals surface area contributed by atoms with E-state index in [1.54, 1.807) is 44.2 Å². The van der Waals surface area contributed by atoms with Gasteiger partial charge < -0.3 is 19.0 Å². The van der Waals surface area contributed by atoms with Crippen LogP contribution in [-0.4, -0.2) is 17.5 Å². The van der Waals surface area contributed by atoms with E-state index in [2.05, 4.69) is 0 Å². The second-order valence-corrected chi connectivity index (χ2v) is 7.46. The highest BCUT2D eigenvalue weighted by molar-refractivity contribution is 5.84. The maximum Gasteiger partial charge on any atom is 0.416 e. The van der Waals surface area contributed by atoms with Gasteiger partial charge in [0.1, 0.15) is 23.7 Å². The van der Waals surface area contributed by atoms with Crippen molar-refractivity contribution in [3.8, 4) is 5.75 Å². The number of hydrogen-bond acceptors (Lipinski definition) is 5. The number of halogens is 3. The summed E-state index contributed by atoms with van der Waals surface area (Å²) in [7, 11) is 0. The van der Waals surface area contributed by atoms with Crippen LogP contribution in [0.1, 0.15) is 30.7 Å². The van der Waals surface area contributed by atoms with Crippen LogP contribution in [0.15, 0.2) is 69.9 Å². The number of allylic oxidation sites excluding steroid dienone is 1. The first-order chi connectivity index (χ1) is 15.2. The summed E-state index contributed by atoms with van der Waals surface area (Å²) >= 11 is 0. The zero-order chi connectivity index (χ0) is 23.0. The van der Waals surface area contributed by atoms with Crippen LogP contribution in [0.3, 0.4) is 0 Å². The molecule has 2 heterocycles. The molecule has 0 fully saturated rings. The Morgan fingerprint density at radius 1 is 1.12 bits per heavy atom. The molecular weight excluding hydrogens is 425 g/mol. The van der Waals surface area contributed by atoms with Crippen molar-refractivity contribution >= 4 is 23.0 Å². The van der Waals surface area contributed by atoms with Gasteiger partial charge >= 0.3 is 6.18 Å². The zero-order valence-electron chi connectivity index (χ0n) is 17.2. The lowest BCUT2D eigenvalue weighted by Crippen LogP contribution is -2.22. The van der Waals surface area contributed by atoms with Crippen LogP contribution >= 0.6 is 0 Å². The molecule has 32 heavy (non-hydrogen) atoms. The van der Waals surface area contributed by atoms with Crippen LogP contribution < -0.4 is 4.74 Å². The summed E-state index contributed by atoms with van der Waals surface area (Å²) in [6.07, 6.45) is -4.73. The van der Waals surface area contributed by atoms with E-state index in [1.807, 2.05) is 0 Å². The lowest BCUT2D eigenvalue weighted by Gasteiger charge is -2.24. The van der Waals surface area contributed by atoms with E-state index in [4.69, 9.17) is 13.9 Å². The average molecular weight is 444 g/mol. The van der Waals surface area contributed by atoms with Gasteiger partial charge in [0.15, 0.2) is 23.9 Å². The number of carbonyl (C=O) groups is 1. The maximum atomic E-state index is 12.9. The van der Waals surface area contributed by atoms with E-state index in [-0.39, 0.29) is 18.1 Å². The third kappa shape index (κ3) is 4.08. The third-order valence-electron chi connectivity index (χ3n) is 5.24. The normalized spacial score (nSPS) is 17.0. The Labute approximate surface area is 181 Å². The Morgan fingerprint density at radius 3 is 2.62 bits per heavy atom. The molecule has 166 valence electrons. The summed E-state index contributed by atoms with van der Waals surface area (Å²) < 4.78 is 55.8. The molecule has 0 bridgehead atoms. The third-order valence-corrected chi connectivity index (χ3v) is 5.24. The van der Waals surface area contributed by atoms with E-state index < -0.39 is 17.8 Å². The van der Waals surface area contributed by atoms with Gasteiger partial charge in [-0.3, -0.25) is 4.79 Å². The molecule has 0 spiro atoms. The molecule has 1 aromatic heterocycles. The Hall–Kier alpha value is -3.68. The van der Waals surface area contributed by atoms with Crippen LogP contribution in [-0.2, 0) is 22.3 Å². The molecule has 0 amide bonds. The number of alkyl halides is 3. The molecule has 1 unspecified atom stereocenters. The topological polar surface area (TPSA) is 68.9 Å². The van der Waals surface area contributed by atoms with Gasteiger partial charge in [0.25, 0.3) is 0 Å². The van der Waals surface area contributed by atoms with Crippen molar-refractivity contribution in [3.05, 3.63) is 82.3 Å². The predicted octanol–water partition coefficient (Wildman–Crippen LogP) is 6.19. The second kappa shape index (κ2) is 8.11. The van der Waals surface area contributed by atoms with Gasteiger partial charge in [-0.1, -0.05) is 12.1 Å². The molecule has 0 saturated carbocycles. The summed E-state index contributed by atoms with van der Waals surface area (Å²) in [4.78, 5) is 11.3. The number of aliphatic hydroxyl groups is 1. The van der Waals surface area contributed by atoms with Crippen LogP contribution in [0, 0.1) is 0 Å². The highest BCUT2D eigenvalue weighted by Gasteiger charge is 2.30. The minimum Gasteiger partial charge on any atom is -0.507 e. The number of ether oxygens (including phenoxy) is 2. The molecule has 2 aromatic carbocycles. The number of aldehydes is 1. The lowest BCUT2D eigenvalue weighted by atomic mass is 10.0. The van der Waals surface area contributed by atoms with Crippen LogP contribution in [0.5, 0.6) is 5.75 Å².